The van der Waals surface area contributed by atoms with E-state index in [0.717, 1.165) is 44.9 Å². The van der Waals surface area contributed by atoms with E-state index < -0.39 is 6.10 Å². The Bertz CT molecular complexity index is 652. The van der Waals surface area contributed by atoms with Crippen LogP contribution in [-0.4, -0.2) is 37.7 Å². The largest absolute Gasteiger partial charge is 0.464 e. The van der Waals surface area contributed by atoms with Crippen molar-refractivity contribution in [1.29, 1.82) is 0 Å². The Hall–Kier alpha value is -2.37. The molecule has 6 nitrogen and oxygen atoms in total. The first-order chi connectivity index (χ1) is 18.6. The Kier molecular flexibility index (Phi) is 27.4. The lowest BCUT2D eigenvalue weighted by molar-refractivity contribution is -0.164. The normalized spacial score (nSPS) is 12.4. The fraction of sp³-hybridized carbons (Fsp3) is 0.719. The first-order valence-corrected chi connectivity index (χ1v) is 15.0. The van der Waals surface area contributed by atoms with Gasteiger partial charge in [-0.05, 0) is 51.4 Å². The summed E-state index contributed by atoms with van der Waals surface area (Å²) in [5, 5.41) is 0. The molecule has 0 amide bonds. The van der Waals surface area contributed by atoms with Crippen molar-refractivity contribution >= 4 is 18.4 Å². The summed E-state index contributed by atoms with van der Waals surface area (Å²) < 4.78 is 15.4. The van der Waals surface area contributed by atoms with Gasteiger partial charge in [0, 0.05) is 12.8 Å². The first-order valence-electron chi connectivity index (χ1n) is 15.0. The monoisotopic (exact) mass is 534 g/mol. The van der Waals surface area contributed by atoms with Crippen LogP contribution in [0.2, 0.25) is 0 Å². The Morgan fingerprint density at radius 1 is 0.605 bits per heavy atom. The molecule has 1 atom stereocenters. The summed E-state index contributed by atoms with van der Waals surface area (Å²) in [6, 6.07) is 0. The first kappa shape index (κ1) is 35.6. The molecular formula is C32H54O6. The summed E-state index contributed by atoms with van der Waals surface area (Å²) in [5.74, 6) is -0.687. The van der Waals surface area contributed by atoms with Crippen molar-refractivity contribution < 1.29 is 28.6 Å². The number of unbranched alkanes of at least 4 members (excludes halogenated alkanes) is 11. The standard InChI is InChI=1S/C32H54O6/c1-3-5-7-9-11-12-13-14-15-16-17-18-20-22-24-26-32(35)38-30(27-36-29-33)28-37-31(34)25-23-21-19-10-8-6-4-2/h11-12,14-15,17-18,29-30H,3-10,13,16,19-28H2,1-2H3/b12-11-,15-14-,18-17-. The number of esters is 2. The average molecular weight is 535 g/mol. The van der Waals surface area contributed by atoms with Crippen LogP contribution in [0.1, 0.15) is 129 Å². The maximum atomic E-state index is 12.2. The van der Waals surface area contributed by atoms with E-state index in [9.17, 15) is 14.4 Å². The molecule has 0 aliphatic rings. The van der Waals surface area contributed by atoms with Crippen molar-refractivity contribution in [2.24, 2.45) is 0 Å². The van der Waals surface area contributed by atoms with Crippen molar-refractivity contribution in [2.45, 2.75) is 136 Å². The van der Waals surface area contributed by atoms with Crippen LogP contribution >= 0.6 is 0 Å². The number of carbonyl (C=O) groups is 3. The van der Waals surface area contributed by atoms with Crippen LogP contribution in [0.25, 0.3) is 0 Å². The van der Waals surface area contributed by atoms with Gasteiger partial charge < -0.3 is 14.2 Å². The predicted octanol–water partition coefficient (Wildman–Crippen LogP) is 8.34. The van der Waals surface area contributed by atoms with Crippen LogP contribution in [0.3, 0.4) is 0 Å². The van der Waals surface area contributed by atoms with Crippen molar-refractivity contribution in [2.75, 3.05) is 13.2 Å². The van der Waals surface area contributed by atoms with Gasteiger partial charge in [0.1, 0.15) is 13.2 Å². The summed E-state index contributed by atoms with van der Waals surface area (Å²) >= 11 is 0. The molecule has 0 N–H and O–H groups in total. The fourth-order valence-electron chi connectivity index (χ4n) is 3.81. The van der Waals surface area contributed by atoms with Gasteiger partial charge in [0.05, 0.1) is 0 Å². The maximum Gasteiger partial charge on any atom is 0.306 e. The second kappa shape index (κ2) is 29.2. The van der Waals surface area contributed by atoms with E-state index >= 15 is 0 Å². The highest BCUT2D eigenvalue weighted by Crippen LogP contribution is 2.10. The maximum absolute atomic E-state index is 12.2. The summed E-state index contributed by atoms with van der Waals surface area (Å²) in [7, 11) is 0. The number of ether oxygens (including phenoxy) is 3. The minimum absolute atomic E-state index is 0.0974. The summed E-state index contributed by atoms with van der Waals surface area (Å²) in [6.45, 7) is 4.49. The fourth-order valence-corrected chi connectivity index (χ4v) is 3.81. The zero-order chi connectivity index (χ0) is 27.9. The molecule has 6 heteroatoms. The van der Waals surface area contributed by atoms with Crippen molar-refractivity contribution in [3.05, 3.63) is 36.5 Å². The molecule has 38 heavy (non-hydrogen) atoms. The molecular weight excluding hydrogens is 480 g/mol. The number of carbonyl (C=O) groups excluding carboxylic acids is 3. The van der Waals surface area contributed by atoms with Crippen LogP contribution in [-0.2, 0) is 28.6 Å². The topological polar surface area (TPSA) is 78.9 Å². The molecule has 0 aliphatic carbocycles. The van der Waals surface area contributed by atoms with Gasteiger partial charge in [-0.2, -0.15) is 0 Å². The van der Waals surface area contributed by atoms with Gasteiger partial charge in [-0.25, -0.2) is 0 Å². The highest BCUT2D eigenvalue weighted by atomic mass is 16.6. The highest BCUT2D eigenvalue weighted by Gasteiger charge is 2.17. The van der Waals surface area contributed by atoms with Gasteiger partial charge >= 0.3 is 11.9 Å². The van der Waals surface area contributed by atoms with Crippen LogP contribution in [0.5, 0.6) is 0 Å². The average Bonchev–Trinajstić information content (AvgIpc) is 2.91. The smallest absolute Gasteiger partial charge is 0.306 e. The third-order valence-electron chi connectivity index (χ3n) is 6.08. The SMILES string of the molecule is CCCCC/C=C\C/C=C\C/C=C\CCCCC(=O)OC(COC=O)COC(=O)CCCCCCCCC. The molecule has 0 aliphatic heterocycles. The molecule has 218 valence electrons. The summed E-state index contributed by atoms with van der Waals surface area (Å²) in [5.41, 5.74) is 0. The van der Waals surface area contributed by atoms with Gasteiger partial charge in [-0.15, -0.1) is 0 Å². The quantitative estimate of drug-likeness (QED) is 0.0346. The molecule has 0 fully saturated rings. The van der Waals surface area contributed by atoms with Gasteiger partial charge in [0.25, 0.3) is 6.47 Å². The van der Waals surface area contributed by atoms with E-state index in [2.05, 4.69) is 50.3 Å². The molecule has 1 unspecified atom stereocenters. The number of hydrogen-bond acceptors (Lipinski definition) is 6. The molecule has 0 aromatic heterocycles. The minimum Gasteiger partial charge on any atom is -0.464 e. The molecule has 0 aromatic carbocycles. The van der Waals surface area contributed by atoms with Crippen molar-refractivity contribution in [3.63, 3.8) is 0 Å². The van der Waals surface area contributed by atoms with Gasteiger partial charge in [-0.3, -0.25) is 14.4 Å². The van der Waals surface area contributed by atoms with Gasteiger partial charge in [0.2, 0.25) is 0 Å². The second-order valence-electron chi connectivity index (χ2n) is 9.72. The number of rotatable bonds is 27. The Labute approximate surface area is 232 Å². The lowest BCUT2D eigenvalue weighted by Gasteiger charge is -2.17. The Morgan fingerprint density at radius 2 is 1.11 bits per heavy atom. The Morgan fingerprint density at radius 3 is 1.74 bits per heavy atom. The van der Waals surface area contributed by atoms with Crippen molar-refractivity contribution in [1.82, 2.24) is 0 Å². The lowest BCUT2D eigenvalue weighted by Crippen LogP contribution is -2.29. The molecule has 0 saturated carbocycles. The summed E-state index contributed by atoms with van der Waals surface area (Å²) in [6.07, 6.45) is 30.3. The third kappa shape index (κ3) is 26.7. The molecule has 0 aromatic rings. The van der Waals surface area contributed by atoms with E-state index in [1.54, 1.807) is 0 Å². The minimum atomic E-state index is -0.774. The number of allylic oxidation sites excluding steroid dienone is 6. The van der Waals surface area contributed by atoms with Gasteiger partial charge in [-0.1, -0.05) is 102 Å². The second-order valence-corrected chi connectivity index (χ2v) is 9.72. The highest BCUT2D eigenvalue weighted by molar-refractivity contribution is 5.70. The van der Waals surface area contributed by atoms with E-state index in [1.165, 1.54) is 51.4 Å². The van der Waals surface area contributed by atoms with Crippen LogP contribution in [0.15, 0.2) is 36.5 Å². The molecule has 0 radical (unpaired) electrons. The Balaban J connectivity index is 3.93. The third-order valence-corrected chi connectivity index (χ3v) is 6.08. The zero-order valence-corrected chi connectivity index (χ0v) is 24.2. The molecule has 0 spiro atoms. The van der Waals surface area contributed by atoms with Crippen molar-refractivity contribution in [3.8, 4) is 0 Å². The van der Waals surface area contributed by atoms with Crippen LogP contribution < -0.4 is 0 Å². The zero-order valence-electron chi connectivity index (χ0n) is 24.2. The molecule has 0 heterocycles. The van der Waals surface area contributed by atoms with E-state index in [-0.39, 0.29) is 31.6 Å². The lowest BCUT2D eigenvalue weighted by atomic mass is 10.1. The van der Waals surface area contributed by atoms with Crippen LogP contribution in [0.4, 0.5) is 0 Å². The molecule has 0 rings (SSSR count). The predicted molar refractivity (Wildman–Crippen MR) is 155 cm³/mol. The van der Waals surface area contributed by atoms with E-state index in [0.29, 0.717) is 19.3 Å². The molecule has 0 saturated heterocycles. The van der Waals surface area contributed by atoms with E-state index in [4.69, 9.17) is 14.2 Å². The van der Waals surface area contributed by atoms with Gasteiger partial charge in [0.15, 0.2) is 6.10 Å². The number of hydrogen-bond donors (Lipinski definition) is 0. The van der Waals surface area contributed by atoms with E-state index in [1.807, 2.05) is 0 Å². The van der Waals surface area contributed by atoms with Crippen LogP contribution in [0, 0.1) is 0 Å². The summed E-state index contributed by atoms with van der Waals surface area (Å²) in [4.78, 5) is 34.7. The molecule has 0 bridgehead atoms.